The Kier molecular flexibility index (Phi) is 4.95. The highest BCUT2D eigenvalue weighted by Gasteiger charge is 2.31. The molecule has 21 heavy (non-hydrogen) atoms. The lowest BCUT2D eigenvalue weighted by Crippen LogP contribution is -2.41. The number of carboxylic acid groups (broad SMARTS) is 1. The number of rotatable bonds is 4. The fraction of sp³-hybridized carbons (Fsp3) is 0.500. The van der Waals surface area contributed by atoms with E-state index in [2.05, 4.69) is 0 Å². The Morgan fingerprint density at radius 3 is 2.81 bits per heavy atom. The van der Waals surface area contributed by atoms with E-state index in [4.69, 9.17) is 5.11 Å². The van der Waals surface area contributed by atoms with Crippen molar-refractivity contribution in [3.05, 3.63) is 29.3 Å². The maximum atomic E-state index is 12.8. The number of thioether (sulfide) groups is 1. The van der Waals surface area contributed by atoms with Crippen molar-refractivity contribution < 1.29 is 18.3 Å². The molecule has 1 N–H and O–H groups in total. The summed E-state index contributed by atoms with van der Waals surface area (Å²) in [4.78, 5) is 11.2. The van der Waals surface area contributed by atoms with E-state index < -0.39 is 16.0 Å². The van der Waals surface area contributed by atoms with Crippen LogP contribution in [0.2, 0.25) is 0 Å². The number of sulfonamides is 1. The maximum absolute atomic E-state index is 12.8. The number of aryl methyl sites for hydroxylation is 1. The Bertz CT molecular complexity index is 642. The van der Waals surface area contributed by atoms with Gasteiger partial charge in [-0.2, -0.15) is 16.1 Å². The summed E-state index contributed by atoms with van der Waals surface area (Å²) in [5.41, 5.74) is 0.573. The van der Waals surface area contributed by atoms with Crippen molar-refractivity contribution in [3.8, 4) is 0 Å². The quantitative estimate of drug-likeness (QED) is 0.916. The third-order valence-corrected chi connectivity index (χ3v) is 6.99. The first-order valence-corrected chi connectivity index (χ1v) is 9.31. The van der Waals surface area contributed by atoms with Gasteiger partial charge in [-0.05, 0) is 31.0 Å². The summed E-state index contributed by atoms with van der Waals surface area (Å²) in [6.45, 7) is 4.69. The Hall–Kier alpha value is -1.05. The second-order valence-electron chi connectivity index (χ2n) is 5.05. The van der Waals surface area contributed by atoms with E-state index in [1.807, 2.05) is 6.92 Å². The summed E-state index contributed by atoms with van der Waals surface area (Å²) >= 11 is 1.79. The van der Waals surface area contributed by atoms with Crippen LogP contribution in [0.1, 0.15) is 29.3 Å². The van der Waals surface area contributed by atoms with Crippen molar-refractivity contribution in [2.24, 2.45) is 0 Å². The minimum atomic E-state index is -3.64. The zero-order chi connectivity index (χ0) is 15.6. The molecule has 7 heteroatoms. The summed E-state index contributed by atoms with van der Waals surface area (Å²) in [6, 6.07) is 4.24. The predicted octanol–water partition coefficient (Wildman–Crippen LogP) is 2.21. The van der Waals surface area contributed by atoms with Gasteiger partial charge in [-0.15, -0.1) is 0 Å². The second-order valence-corrected chi connectivity index (χ2v) is 8.36. The molecule has 1 fully saturated rings. The fourth-order valence-corrected chi connectivity index (χ4v) is 5.43. The molecule has 0 radical (unpaired) electrons. The standard InChI is InChI=1S/C14H19NO4S2/c1-3-12-9-15(6-7-20-12)21(18,19)13-8-11(14(16)17)5-4-10(13)2/h4-5,8,12H,3,6-7,9H2,1-2H3,(H,16,17). The molecule has 0 bridgehead atoms. The van der Waals surface area contributed by atoms with Crippen LogP contribution in [-0.4, -0.2) is 47.9 Å². The van der Waals surface area contributed by atoms with Gasteiger partial charge in [0.25, 0.3) is 0 Å². The van der Waals surface area contributed by atoms with Crippen LogP contribution in [-0.2, 0) is 10.0 Å². The Labute approximate surface area is 129 Å². The molecule has 0 aliphatic carbocycles. The molecule has 1 aliphatic rings. The zero-order valence-corrected chi connectivity index (χ0v) is 13.7. The Balaban J connectivity index is 2.39. The lowest BCUT2D eigenvalue weighted by molar-refractivity contribution is 0.0696. The summed E-state index contributed by atoms with van der Waals surface area (Å²) in [5, 5.41) is 9.35. The number of hydrogen-bond acceptors (Lipinski definition) is 4. The predicted molar refractivity (Wildman–Crippen MR) is 83.4 cm³/mol. The topological polar surface area (TPSA) is 74.7 Å². The largest absolute Gasteiger partial charge is 0.478 e. The van der Waals surface area contributed by atoms with Gasteiger partial charge in [0.2, 0.25) is 10.0 Å². The molecular formula is C14H19NO4S2. The van der Waals surface area contributed by atoms with Gasteiger partial charge in [0, 0.05) is 24.1 Å². The van der Waals surface area contributed by atoms with Gasteiger partial charge in [-0.1, -0.05) is 13.0 Å². The highest BCUT2D eigenvalue weighted by atomic mass is 32.2. The van der Waals surface area contributed by atoms with Gasteiger partial charge in [0.15, 0.2) is 0 Å². The SMILES string of the molecule is CCC1CN(S(=O)(=O)c2cc(C(=O)O)ccc2C)CCS1. The van der Waals surface area contributed by atoms with Gasteiger partial charge < -0.3 is 5.11 Å². The summed E-state index contributed by atoms with van der Waals surface area (Å²) < 4.78 is 27.0. The molecular weight excluding hydrogens is 310 g/mol. The Morgan fingerprint density at radius 2 is 2.19 bits per heavy atom. The van der Waals surface area contributed by atoms with Gasteiger partial charge in [0.05, 0.1) is 10.5 Å². The molecule has 0 spiro atoms. The Morgan fingerprint density at radius 1 is 1.48 bits per heavy atom. The molecule has 116 valence electrons. The number of carbonyl (C=O) groups is 1. The third-order valence-electron chi connectivity index (χ3n) is 3.61. The highest BCUT2D eigenvalue weighted by molar-refractivity contribution is 8.00. The first kappa shape index (κ1) is 16.3. The molecule has 1 aliphatic heterocycles. The van der Waals surface area contributed by atoms with E-state index in [1.54, 1.807) is 24.8 Å². The molecule has 5 nitrogen and oxygen atoms in total. The van der Waals surface area contributed by atoms with Crippen molar-refractivity contribution in [3.63, 3.8) is 0 Å². The maximum Gasteiger partial charge on any atom is 0.335 e. The lowest BCUT2D eigenvalue weighted by Gasteiger charge is -2.31. The average Bonchev–Trinajstić information content (AvgIpc) is 2.47. The van der Waals surface area contributed by atoms with Crippen LogP contribution >= 0.6 is 11.8 Å². The van der Waals surface area contributed by atoms with E-state index in [1.165, 1.54) is 16.4 Å². The van der Waals surface area contributed by atoms with Crippen LogP contribution in [0.4, 0.5) is 0 Å². The highest BCUT2D eigenvalue weighted by Crippen LogP contribution is 2.28. The first-order chi connectivity index (χ1) is 9.86. The van der Waals surface area contributed by atoms with Gasteiger partial charge in [0.1, 0.15) is 0 Å². The van der Waals surface area contributed by atoms with Crippen molar-refractivity contribution in [1.29, 1.82) is 0 Å². The third kappa shape index (κ3) is 3.41. The van der Waals surface area contributed by atoms with Gasteiger partial charge in [-0.3, -0.25) is 0 Å². The van der Waals surface area contributed by atoms with Crippen molar-refractivity contribution in [1.82, 2.24) is 4.31 Å². The fourth-order valence-electron chi connectivity index (χ4n) is 2.31. The van der Waals surface area contributed by atoms with E-state index in [-0.39, 0.29) is 10.5 Å². The molecule has 1 unspecified atom stereocenters. The number of hydrogen-bond donors (Lipinski definition) is 1. The van der Waals surface area contributed by atoms with Crippen LogP contribution in [0.3, 0.4) is 0 Å². The lowest BCUT2D eigenvalue weighted by atomic mass is 10.1. The minimum Gasteiger partial charge on any atom is -0.478 e. The summed E-state index contributed by atoms with van der Waals surface area (Å²) in [7, 11) is -3.64. The van der Waals surface area contributed by atoms with E-state index in [0.29, 0.717) is 23.9 Å². The smallest absolute Gasteiger partial charge is 0.335 e. The first-order valence-electron chi connectivity index (χ1n) is 6.82. The number of aromatic carboxylic acids is 1. The van der Waals surface area contributed by atoms with E-state index in [9.17, 15) is 13.2 Å². The number of carboxylic acids is 1. The summed E-state index contributed by atoms with van der Waals surface area (Å²) in [5.74, 6) is -0.345. The molecule has 1 aromatic carbocycles. The van der Waals surface area contributed by atoms with Gasteiger partial charge in [-0.25, -0.2) is 13.2 Å². The second kappa shape index (κ2) is 6.37. The van der Waals surface area contributed by atoms with E-state index >= 15 is 0 Å². The van der Waals surface area contributed by atoms with Crippen molar-refractivity contribution in [2.75, 3.05) is 18.8 Å². The van der Waals surface area contributed by atoms with Crippen LogP contribution < -0.4 is 0 Å². The summed E-state index contributed by atoms with van der Waals surface area (Å²) in [6.07, 6.45) is 0.921. The van der Waals surface area contributed by atoms with Crippen molar-refractivity contribution in [2.45, 2.75) is 30.4 Å². The minimum absolute atomic E-state index is 0.00222. The number of benzene rings is 1. The van der Waals surface area contributed by atoms with E-state index in [0.717, 1.165) is 12.2 Å². The normalized spacial score (nSPS) is 20.4. The molecule has 1 saturated heterocycles. The molecule has 1 heterocycles. The molecule has 1 aromatic rings. The van der Waals surface area contributed by atoms with Crippen LogP contribution in [0.5, 0.6) is 0 Å². The zero-order valence-electron chi connectivity index (χ0n) is 12.1. The molecule has 2 rings (SSSR count). The van der Waals surface area contributed by atoms with Crippen LogP contribution in [0.15, 0.2) is 23.1 Å². The van der Waals surface area contributed by atoms with Crippen LogP contribution in [0.25, 0.3) is 0 Å². The number of nitrogens with zero attached hydrogens (tertiary/aromatic N) is 1. The molecule has 0 aromatic heterocycles. The molecule has 0 saturated carbocycles. The average molecular weight is 329 g/mol. The van der Waals surface area contributed by atoms with Crippen molar-refractivity contribution >= 4 is 27.8 Å². The molecule has 0 amide bonds. The molecule has 1 atom stereocenters. The monoisotopic (exact) mass is 329 g/mol. The van der Waals surface area contributed by atoms with Gasteiger partial charge >= 0.3 is 5.97 Å². The van der Waals surface area contributed by atoms with Crippen LogP contribution in [0, 0.1) is 6.92 Å².